The maximum Gasteiger partial charge on any atom is 0.212 e. The summed E-state index contributed by atoms with van der Waals surface area (Å²) in [4.78, 5) is 0.931. The third-order valence-electron chi connectivity index (χ3n) is 3.65. The number of nitrogens with one attached hydrogen (secondary N) is 1. The van der Waals surface area contributed by atoms with E-state index >= 15 is 0 Å². The molecule has 1 atom stereocenters. The van der Waals surface area contributed by atoms with Crippen LogP contribution in [0.5, 0.6) is 0 Å². The lowest BCUT2D eigenvalue weighted by molar-refractivity contribution is 0.391. The van der Waals surface area contributed by atoms with Crippen LogP contribution in [-0.2, 0) is 10.0 Å². The van der Waals surface area contributed by atoms with Crippen LogP contribution in [0.15, 0.2) is 29.2 Å². The van der Waals surface area contributed by atoms with Gasteiger partial charge in [-0.05, 0) is 25.0 Å². The lowest BCUT2D eigenvalue weighted by Gasteiger charge is -2.22. The zero-order valence-corrected chi connectivity index (χ0v) is 14.6. The molecule has 1 rings (SSSR count). The van der Waals surface area contributed by atoms with Gasteiger partial charge >= 0.3 is 0 Å². The van der Waals surface area contributed by atoms with Gasteiger partial charge in [-0.2, -0.15) is 0 Å². The molecule has 1 unspecified atom stereocenters. The molecule has 0 bridgehead atoms. The van der Waals surface area contributed by atoms with Crippen molar-refractivity contribution in [3.63, 3.8) is 0 Å². The van der Waals surface area contributed by atoms with Gasteiger partial charge in [-0.15, -0.1) is 11.8 Å². The number of benzene rings is 1. The van der Waals surface area contributed by atoms with Gasteiger partial charge in [-0.25, -0.2) is 13.1 Å². The molecule has 3 N–H and O–H groups in total. The molecule has 0 amide bonds. The predicted octanol–water partition coefficient (Wildman–Crippen LogP) is 3.11. The number of nitrogens with two attached hydrogens (primary N) is 1. The molecule has 0 spiro atoms. The van der Waals surface area contributed by atoms with Crippen molar-refractivity contribution in [3.8, 4) is 0 Å². The van der Waals surface area contributed by atoms with Gasteiger partial charge in [0, 0.05) is 22.4 Å². The minimum atomic E-state index is -3.24. The molecule has 120 valence electrons. The van der Waals surface area contributed by atoms with Gasteiger partial charge in [0.15, 0.2) is 0 Å². The average molecular weight is 331 g/mol. The third kappa shape index (κ3) is 6.28. The summed E-state index contributed by atoms with van der Waals surface area (Å²) in [6, 6.07) is 7.49. The summed E-state index contributed by atoms with van der Waals surface area (Å²) in [5.74, 6) is 0.993. The Morgan fingerprint density at radius 2 is 1.86 bits per heavy atom. The fourth-order valence-electron chi connectivity index (χ4n) is 2.31. The normalized spacial score (nSPS) is 13.5. The van der Waals surface area contributed by atoms with E-state index in [4.69, 9.17) is 5.73 Å². The van der Waals surface area contributed by atoms with E-state index in [0.717, 1.165) is 17.7 Å². The lowest BCUT2D eigenvalue weighted by atomic mass is 9.96. The second-order valence-electron chi connectivity index (χ2n) is 5.19. The summed E-state index contributed by atoms with van der Waals surface area (Å²) < 4.78 is 27.0. The monoisotopic (exact) mass is 330 g/mol. The molecule has 0 aromatic heterocycles. The van der Waals surface area contributed by atoms with Crippen molar-refractivity contribution in [3.05, 3.63) is 24.3 Å². The number of hydrogen-bond acceptors (Lipinski definition) is 4. The standard InChI is InChI=1S/C15H26N2O2S2/c1-4-13(5-2)12(3)17-21(18,19)11-10-20-15-9-7-6-8-14(15)16/h6-9,12-13,17H,4-5,10-11,16H2,1-3H3. The lowest BCUT2D eigenvalue weighted by Crippen LogP contribution is -2.39. The van der Waals surface area contributed by atoms with Gasteiger partial charge in [0.05, 0.1) is 5.75 Å². The Hall–Kier alpha value is -0.720. The van der Waals surface area contributed by atoms with E-state index in [0.29, 0.717) is 17.4 Å². The third-order valence-corrected chi connectivity index (χ3v) is 6.47. The number of rotatable bonds is 9. The maximum absolute atomic E-state index is 12.1. The fraction of sp³-hybridized carbons (Fsp3) is 0.600. The molecule has 1 aromatic rings. The van der Waals surface area contributed by atoms with Crippen LogP contribution in [0.1, 0.15) is 33.6 Å². The van der Waals surface area contributed by atoms with E-state index < -0.39 is 10.0 Å². The van der Waals surface area contributed by atoms with Crippen LogP contribution in [0.2, 0.25) is 0 Å². The first-order chi connectivity index (χ1) is 9.89. The molecule has 0 fully saturated rings. The molecular formula is C15H26N2O2S2. The number of anilines is 1. The first kappa shape index (κ1) is 18.3. The van der Waals surface area contributed by atoms with E-state index in [1.54, 1.807) is 0 Å². The van der Waals surface area contributed by atoms with Gasteiger partial charge in [-0.3, -0.25) is 0 Å². The molecular weight excluding hydrogens is 304 g/mol. The summed E-state index contributed by atoms with van der Waals surface area (Å²) in [5.41, 5.74) is 6.53. The fourth-order valence-corrected chi connectivity index (χ4v) is 5.02. The topological polar surface area (TPSA) is 72.2 Å². The molecule has 6 heteroatoms. The summed E-state index contributed by atoms with van der Waals surface area (Å²) in [5, 5.41) is 0. The summed E-state index contributed by atoms with van der Waals surface area (Å²) in [7, 11) is -3.24. The van der Waals surface area contributed by atoms with Gasteiger partial charge < -0.3 is 5.73 Å². The van der Waals surface area contributed by atoms with Crippen LogP contribution in [0.3, 0.4) is 0 Å². The zero-order chi connectivity index (χ0) is 15.9. The first-order valence-corrected chi connectivity index (χ1v) is 10.0. The van der Waals surface area contributed by atoms with Crippen LogP contribution in [0.4, 0.5) is 5.69 Å². The molecule has 0 heterocycles. The second-order valence-corrected chi connectivity index (χ2v) is 8.20. The zero-order valence-electron chi connectivity index (χ0n) is 13.0. The molecule has 21 heavy (non-hydrogen) atoms. The Labute approximate surface area is 132 Å². The molecule has 0 saturated heterocycles. The van der Waals surface area contributed by atoms with Gasteiger partial charge in [0.1, 0.15) is 0 Å². The number of sulfonamides is 1. The number of para-hydroxylation sites is 1. The summed E-state index contributed by atoms with van der Waals surface area (Å²) >= 11 is 1.48. The molecule has 1 aromatic carbocycles. The van der Waals surface area contributed by atoms with Crippen molar-refractivity contribution in [2.45, 2.75) is 44.6 Å². The Morgan fingerprint density at radius 3 is 2.43 bits per heavy atom. The number of thioether (sulfide) groups is 1. The highest BCUT2D eigenvalue weighted by atomic mass is 32.2. The SMILES string of the molecule is CCC(CC)C(C)NS(=O)(=O)CCSc1ccccc1N. The van der Waals surface area contributed by atoms with Crippen LogP contribution >= 0.6 is 11.8 Å². The van der Waals surface area contributed by atoms with E-state index in [-0.39, 0.29) is 11.8 Å². The number of nitrogen functional groups attached to an aromatic ring is 1. The Kier molecular flexibility index (Phi) is 7.56. The quantitative estimate of drug-likeness (QED) is 0.539. The molecule has 0 aliphatic carbocycles. The van der Waals surface area contributed by atoms with E-state index in [1.165, 1.54) is 11.8 Å². The van der Waals surface area contributed by atoms with Crippen molar-refractivity contribution < 1.29 is 8.42 Å². The van der Waals surface area contributed by atoms with Gasteiger partial charge in [-0.1, -0.05) is 38.8 Å². The highest BCUT2D eigenvalue weighted by Gasteiger charge is 2.20. The predicted molar refractivity (Wildman–Crippen MR) is 92.0 cm³/mol. The van der Waals surface area contributed by atoms with E-state index in [9.17, 15) is 8.42 Å². The van der Waals surface area contributed by atoms with E-state index in [1.807, 2.05) is 31.2 Å². The Bertz CT molecular complexity index is 528. The summed E-state index contributed by atoms with van der Waals surface area (Å²) in [6.45, 7) is 6.12. The Balaban J connectivity index is 2.48. The second kappa shape index (κ2) is 8.66. The Morgan fingerprint density at radius 1 is 1.24 bits per heavy atom. The van der Waals surface area contributed by atoms with Crippen LogP contribution in [-0.4, -0.2) is 26.0 Å². The van der Waals surface area contributed by atoms with Crippen molar-refractivity contribution in [1.29, 1.82) is 0 Å². The van der Waals surface area contributed by atoms with Crippen LogP contribution < -0.4 is 10.5 Å². The number of hydrogen-bond donors (Lipinski definition) is 2. The minimum absolute atomic E-state index is 0.0169. The van der Waals surface area contributed by atoms with Crippen molar-refractivity contribution in [2.75, 3.05) is 17.2 Å². The molecule has 0 radical (unpaired) electrons. The highest BCUT2D eigenvalue weighted by Crippen LogP contribution is 2.24. The van der Waals surface area contributed by atoms with Gasteiger partial charge in [0.25, 0.3) is 0 Å². The first-order valence-electron chi connectivity index (χ1n) is 7.37. The highest BCUT2D eigenvalue weighted by molar-refractivity contribution is 8.00. The van der Waals surface area contributed by atoms with Crippen LogP contribution in [0, 0.1) is 5.92 Å². The minimum Gasteiger partial charge on any atom is -0.398 e. The van der Waals surface area contributed by atoms with Crippen molar-refractivity contribution >= 4 is 27.5 Å². The van der Waals surface area contributed by atoms with Gasteiger partial charge in [0.2, 0.25) is 10.0 Å². The molecule has 4 nitrogen and oxygen atoms in total. The van der Waals surface area contributed by atoms with E-state index in [2.05, 4.69) is 18.6 Å². The summed E-state index contributed by atoms with van der Waals surface area (Å²) in [6.07, 6.45) is 1.96. The molecule has 0 aliphatic heterocycles. The van der Waals surface area contributed by atoms with Crippen molar-refractivity contribution in [2.24, 2.45) is 5.92 Å². The largest absolute Gasteiger partial charge is 0.398 e. The maximum atomic E-state index is 12.1. The molecule has 0 aliphatic rings. The van der Waals surface area contributed by atoms with Crippen LogP contribution in [0.25, 0.3) is 0 Å². The van der Waals surface area contributed by atoms with Crippen molar-refractivity contribution in [1.82, 2.24) is 4.72 Å². The smallest absolute Gasteiger partial charge is 0.212 e. The molecule has 0 saturated carbocycles. The average Bonchev–Trinajstić information content (AvgIpc) is 2.41.